The molecule has 1 aromatic rings. The van der Waals surface area contributed by atoms with E-state index in [4.69, 9.17) is 27.5 Å². The molecule has 0 aliphatic heterocycles. The molecule has 0 unspecified atom stereocenters. The maximum Gasteiger partial charge on any atom is 0.310 e. The minimum Gasteiger partial charge on any atom is -0.507 e. The van der Waals surface area contributed by atoms with Crippen LogP contribution in [0.2, 0.25) is 0 Å². The number of halogens is 1. The molecule has 0 radical (unpaired) electrons. The zero-order valence-corrected chi connectivity index (χ0v) is 11.8. The molecule has 1 rings (SSSR count). The first-order valence-corrected chi connectivity index (χ1v) is 6.06. The summed E-state index contributed by atoms with van der Waals surface area (Å²) in [4.78, 5) is 11.8. The number of benzene rings is 1. The van der Waals surface area contributed by atoms with Crippen LogP contribution in [0, 0.1) is 5.41 Å². The van der Waals surface area contributed by atoms with Crippen LogP contribution in [-0.4, -0.2) is 21.8 Å². The molecule has 1 aromatic carbocycles. The van der Waals surface area contributed by atoms with Gasteiger partial charge in [0.2, 0.25) is 0 Å². The zero-order chi connectivity index (χ0) is 14.8. The molecule has 6 heteroatoms. The summed E-state index contributed by atoms with van der Waals surface area (Å²) in [5, 5.41) is 16.8. The van der Waals surface area contributed by atoms with Crippen molar-refractivity contribution in [3.63, 3.8) is 0 Å². The van der Waals surface area contributed by atoms with Crippen molar-refractivity contribution in [3.05, 3.63) is 23.3 Å². The molecule has 0 amide bonds. The number of ether oxygens (including phenoxy) is 1. The summed E-state index contributed by atoms with van der Waals surface area (Å²) in [5.74, 6) is -0.684. The molecule has 4 N–H and O–H groups in total. The van der Waals surface area contributed by atoms with Gasteiger partial charge in [0.15, 0.2) is 0 Å². The summed E-state index contributed by atoms with van der Waals surface area (Å²) >= 11 is 5.62. The molecule has 0 aliphatic carbocycles. The molecule has 0 saturated heterocycles. The number of nitrogens with two attached hydrogens (primary N) is 1. The molecular formula is C13H17ClN2O3. The first-order valence-electron chi connectivity index (χ1n) is 5.68. The Bertz CT molecular complexity index is 521. The van der Waals surface area contributed by atoms with E-state index in [1.165, 1.54) is 12.1 Å². The number of hydrogen-bond donors (Lipinski definition) is 3. The fourth-order valence-electron chi connectivity index (χ4n) is 1.61. The standard InChI is InChI=1S/C13H17ClN2O3/c1-13(2,3)19-10(18)6-7-8(15)4-5-9(17)11(7)12(14)16/h4-5,16-17H,6,15H2,1-3H3. The Morgan fingerprint density at radius 2 is 2.05 bits per heavy atom. The van der Waals surface area contributed by atoms with Crippen LogP contribution < -0.4 is 5.73 Å². The Hall–Kier alpha value is -1.75. The lowest BCUT2D eigenvalue weighted by Gasteiger charge is -2.20. The fourth-order valence-corrected chi connectivity index (χ4v) is 1.82. The molecule has 0 aliphatic rings. The number of nitrogens with one attached hydrogen (secondary N) is 1. The second-order valence-corrected chi connectivity index (χ2v) is 5.48. The molecule has 0 spiro atoms. The van der Waals surface area contributed by atoms with E-state index in [9.17, 15) is 9.90 Å². The van der Waals surface area contributed by atoms with Crippen molar-refractivity contribution in [1.82, 2.24) is 0 Å². The van der Waals surface area contributed by atoms with Crippen LogP contribution in [0.5, 0.6) is 5.75 Å². The molecule has 0 bridgehead atoms. The Morgan fingerprint density at radius 1 is 1.47 bits per heavy atom. The van der Waals surface area contributed by atoms with Gasteiger partial charge in [0.1, 0.15) is 16.5 Å². The average Bonchev–Trinajstić information content (AvgIpc) is 2.20. The van der Waals surface area contributed by atoms with Crippen molar-refractivity contribution < 1.29 is 14.6 Å². The van der Waals surface area contributed by atoms with Gasteiger partial charge in [0, 0.05) is 11.3 Å². The number of phenols is 1. The molecule has 0 atom stereocenters. The minimum absolute atomic E-state index is 0.0625. The molecule has 0 saturated carbocycles. The summed E-state index contributed by atoms with van der Waals surface area (Å²) in [5.41, 5.74) is 5.80. The highest BCUT2D eigenvalue weighted by Crippen LogP contribution is 2.28. The van der Waals surface area contributed by atoms with Crippen molar-refractivity contribution in [2.45, 2.75) is 32.8 Å². The lowest BCUT2D eigenvalue weighted by Crippen LogP contribution is -2.25. The number of hydrogen-bond acceptors (Lipinski definition) is 5. The number of phenolic OH excluding ortho intramolecular Hbond substituents is 1. The lowest BCUT2D eigenvalue weighted by molar-refractivity contribution is -0.153. The van der Waals surface area contributed by atoms with Crippen LogP contribution in [0.1, 0.15) is 31.9 Å². The Kier molecular flexibility index (Phi) is 4.42. The van der Waals surface area contributed by atoms with E-state index in [0.29, 0.717) is 5.56 Å². The second-order valence-electron chi connectivity index (χ2n) is 5.10. The minimum atomic E-state index is -0.614. The molecular weight excluding hydrogens is 268 g/mol. The zero-order valence-electron chi connectivity index (χ0n) is 11.1. The van der Waals surface area contributed by atoms with E-state index in [2.05, 4.69) is 0 Å². The summed E-state index contributed by atoms with van der Waals surface area (Å²) in [6.45, 7) is 5.25. The Labute approximate surface area is 116 Å². The van der Waals surface area contributed by atoms with Gasteiger partial charge in [0.25, 0.3) is 0 Å². The van der Waals surface area contributed by atoms with E-state index < -0.39 is 11.6 Å². The summed E-state index contributed by atoms with van der Waals surface area (Å²) < 4.78 is 5.18. The van der Waals surface area contributed by atoms with E-state index in [0.717, 1.165) is 0 Å². The topological polar surface area (TPSA) is 96.4 Å². The van der Waals surface area contributed by atoms with Crippen LogP contribution in [0.25, 0.3) is 0 Å². The third-order valence-electron chi connectivity index (χ3n) is 2.29. The van der Waals surface area contributed by atoms with Gasteiger partial charge in [-0.1, -0.05) is 11.6 Å². The van der Waals surface area contributed by atoms with Crippen molar-refractivity contribution >= 4 is 28.4 Å². The average molecular weight is 285 g/mol. The number of carbonyl (C=O) groups excluding carboxylic acids is 1. The van der Waals surface area contributed by atoms with E-state index in [-0.39, 0.29) is 28.6 Å². The van der Waals surface area contributed by atoms with Crippen molar-refractivity contribution in [1.29, 1.82) is 5.41 Å². The molecule has 104 valence electrons. The van der Waals surface area contributed by atoms with Crippen LogP contribution >= 0.6 is 11.6 Å². The molecule has 0 heterocycles. The third-order valence-corrected chi connectivity index (χ3v) is 2.48. The lowest BCUT2D eigenvalue weighted by atomic mass is 10.0. The highest BCUT2D eigenvalue weighted by atomic mass is 35.5. The van der Waals surface area contributed by atoms with Gasteiger partial charge in [-0.15, -0.1) is 0 Å². The Morgan fingerprint density at radius 3 is 2.53 bits per heavy atom. The predicted molar refractivity (Wildman–Crippen MR) is 74.7 cm³/mol. The molecule has 0 aromatic heterocycles. The maximum absolute atomic E-state index is 11.8. The fraction of sp³-hybridized carbons (Fsp3) is 0.385. The third kappa shape index (κ3) is 4.13. The van der Waals surface area contributed by atoms with Crippen LogP contribution in [0.15, 0.2) is 12.1 Å². The number of nitrogen functional groups attached to an aromatic ring is 1. The number of rotatable bonds is 3. The van der Waals surface area contributed by atoms with Gasteiger partial charge >= 0.3 is 5.97 Å². The number of aromatic hydroxyl groups is 1. The van der Waals surface area contributed by atoms with E-state index >= 15 is 0 Å². The quantitative estimate of drug-likeness (QED) is 0.344. The van der Waals surface area contributed by atoms with Gasteiger partial charge < -0.3 is 15.6 Å². The predicted octanol–water partition coefficient (Wildman–Crippen LogP) is 2.42. The summed E-state index contributed by atoms with van der Waals surface area (Å²) in [6.07, 6.45) is -0.151. The first kappa shape index (κ1) is 15.3. The molecule has 0 fully saturated rings. The van der Waals surface area contributed by atoms with Crippen molar-refractivity contribution in [3.8, 4) is 5.75 Å². The van der Waals surface area contributed by atoms with Crippen LogP contribution in [0.4, 0.5) is 5.69 Å². The number of carbonyl (C=O) groups is 1. The van der Waals surface area contributed by atoms with Gasteiger partial charge in [-0.05, 0) is 32.9 Å². The van der Waals surface area contributed by atoms with Gasteiger partial charge in [-0.3, -0.25) is 10.2 Å². The SMILES string of the molecule is CC(C)(C)OC(=O)Cc1c(N)ccc(O)c1C(=N)Cl. The van der Waals surface area contributed by atoms with Crippen LogP contribution in [0.3, 0.4) is 0 Å². The summed E-state index contributed by atoms with van der Waals surface area (Å²) in [7, 11) is 0. The van der Waals surface area contributed by atoms with Crippen LogP contribution in [-0.2, 0) is 16.0 Å². The van der Waals surface area contributed by atoms with Gasteiger partial charge in [-0.2, -0.15) is 0 Å². The smallest absolute Gasteiger partial charge is 0.310 e. The van der Waals surface area contributed by atoms with Gasteiger partial charge in [-0.25, -0.2) is 0 Å². The maximum atomic E-state index is 11.8. The largest absolute Gasteiger partial charge is 0.507 e. The van der Waals surface area contributed by atoms with E-state index in [1.807, 2.05) is 0 Å². The monoisotopic (exact) mass is 284 g/mol. The van der Waals surface area contributed by atoms with E-state index in [1.54, 1.807) is 20.8 Å². The number of esters is 1. The van der Waals surface area contributed by atoms with Crippen molar-refractivity contribution in [2.24, 2.45) is 0 Å². The normalized spacial score (nSPS) is 11.2. The first-order chi connectivity index (χ1) is 8.61. The highest BCUT2D eigenvalue weighted by Gasteiger charge is 2.21. The highest BCUT2D eigenvalue weighted by molar-refractivity contribution is 6.69. The number of anilines is 1. The van der Waals surface area contributed by atoms with Crippen molar-refractivity contribution in [2.75, 3.05) is 5.73 Å². The van der Waals surface area contributed by atoms with Gasteiger partial charge in [0.05, 0.1) is 12.0 Å². The molecule has 19 heavy (non-hydrogen) atoms. The second kappa shape index (κ2) is 5.48. The Balaban J connectivity index is 3.10. The summed E-state index contributed by atoms with van der Waals surface area (Å²) in [6, 6.07) is 2.79. The molecule has 5 nitrogen and oxygen atoms in total.